The number of allylic oxidation sites excluding steroid dienone is 4. The minimum Gasteiger partial charge on any atom is -0.462 e. The van der Waals surface area contributed by atoms with E-state index >= 15 is 0 Å². The van der Waals surface area contributed by atoms with Gasteiger partial charge in [0.1, 0.15) is 19.3 Å². The Hall–Kier alpha value is -2.46. The number of ether oxygens (including phenoxy) is 4. The van der Waals surface area contributed by atoms with Crippen molar-refractivity contribution >= 4 is 39.5 Å². The minimum atomic E-state index is -4.97. The summed E-state index contributed by atoms with van der Waals surface area (Å²) in [7, 11) is -9.93. The van der Waals surface area contributed by atoms with Crippen LogP contribution in [0.2, 0.25) is 0 Å². The summed E-state index contributed by atoms with van der Waals surface area (Å²) in [4.78, 5) is 73.0. The molecule has 0 bridgehead atoms. The van der Waals surface area contributed by atoms with Gasteiger partial charge in [-0.15, -0.1) is 0 Å². The largest absolute Gasteiger partial charge is 0.472 e. The first-order valence-corrected chi connectivity index (χ1v) is 44.4. The van der Waals surface area contributed by atoms with Crippen LogP contribution in [0.1, 0.15) is 407 Å². The lowest BCUT2D eigenvalue weighted by atomic mass is 10.0. The van der Waals surface area contributed by atoms with Crippen LogP contribution in [0.4, 0.5) is 0 Å². The number of hydrogen-bond donors (Lipinski definition) is 3. The van der Waals surface area contributed by atoms with Crippen molar-refractivity contribution in [3.8, 4) is 0 Å². The molecule has 0 aliphatic rings. The summed E-state index contributed by atoms with van der Waals surface area (Å²) < 4.78 is 68.7. The highest BCUT2D eigenvalue weighted by atomic mass is 31.2. The molecule has 0 aliphatic heterocycles. The monoisotopic (exact) mass is 1460 g/mol. The van der Waals surface area contributed by atoms with Gasteiger partial charge in [-0.2, -0.15) is 0 Å². The predicted molar refractivity (Wildman–Crippen MR) is 409 cm³/mol. The lowest BCUT2D eigenvalue weighted by Crippen LogP contribution is -2.30. The van der Waals surface area contributed by atoms with E-state index in [0.29, 0.717) is 25.7 Å². The molecule has 0 heterocycles. The molecule has 0 saturated heterocycles. The molecule has 100 heavy (non-hydrogen) atoms. The zero-order chi connectivity index (χ0) is 73.4. The molecule has 590 valence electrons. The maximum Gasteiger partial charge on any atom is 0.472 e. The van der Waals surface area contributed by atoms with Crippen LogP contribution in [0.25, 0.3) is 0 Å². The standard InChI is InChI=1S/C81H154O17P2/c1-6-9-12-15-18-21-24-27-30-31-32-35-38-41-46-52-57-62-67-81(86)97-76(70-91-78(83)64-59-54-49-44-39-36-33-28-25-22-19-16-13-10-7-2)72-95-99(87,88)93-68-75(82)69-94-100(89,90)96-73-77(71-92-79(84)65-60-55-50-47-42-43-48-53-58-63-74(4)5)98-80(85)66-61-56-51-45-40-37-34-29-26-23-20-17-14-11-8-3/h22,25,28,33,74-77,82H,6-21,23-24,26-27,29-32,34-73H2,1-5H3,(H,87,88)(H,89,90)/b25-22-,33-28-/t75-,76-,77-/m1/s1. The Morgan fingerprint density at radius 1 is 0.310 bits per heavy atom. The Morgan fingerprint density at radius 3 is 0.820 bits per heavy atom. The summed E-state index contributed by atoms with van der Waals surface area (Å²) in [6.45, 7) is 7.25. The van der Waals surface area contributed by atoms with E-state index in [2.05, 4.69) is 58.9 Å². The molecule has 0 aliphatic carbocycles. The molecule has 0 aromatic carbocycles. The highest BCUT2D eigenvalue weighted by molar-refractivity contribution is 7.47. The first kappa shape index (κ1) is 97.5. The van der Waals surface area contributed by atoms with Crippen LogP contribution >= 0.6 is 15.6 Å². The quantitative estimate of drug-likeness (QED) is 0.0169. The number of carbonyl (C=O) groups excluding carboxylic acids is 4. The second-order valence-corrected chi connectivity index (χ2v) is 31.9. The van der Waals surface area contributed by atoms with E-state index in [4.69, 9.17) is 37.0 Å². The second kappa shape index (κ2) is 73.4. The van der Waals surface area contributed by atoms with Gasteiger partial charge >= 0.3 is 39.5 Å². The first-order valence-electron chi connectivity index (χ1n) is 41.5. The van der Waals surface area contributed by atoms with Crippen molar-refractivity contribution < 1.29 is 80.2 Å². The normalized spacial score (nSPS) is 14.0. The van der Waals surface area contributed by atoms with E-state index in [1.54, 1.807) is 0 Å². The average Bonchev–Trinajstić information content (AvgIpc) is 0.971. The Kier molecular flexibility index (Phi) is 71.6. The highest BCUT2D eigenvalue weighted by Gasteiger charge is 2.30. The third-order valence-corrected chi connectivity index (χ3v) is 20.3. The van der Waals surface area contributed by atoms with Gasteiger partial charge in [0.05, 0.1) is 26.4 Å². The topological polar surface area (TPSA) is 237 Å². The number of phosphoric acid groups is 2. The maximum atomic E-state index is 13.1. The van der Waals surface area contributed by atoms with E-state index in [9.17, 15) is 43.2 Å². The zero-order valence-electron chi connectivity index (χ0n) is 64.8. The lowest BCUT2D eigenvalue weighted by Gasteiger charge is -2.21. The molecule has 0 saturated carbocycles. The van der Waals surface area contributed by atoms with Gasteiger partial charge in [0.15, 0.2) is 12.2 Å². The fourth-order valence-electron chi connectivity index (χ4n) is 12.0. The third kappa shape index (κ3) is 73.8. The smallest absolute Gasteiger partial charge is 0.462 e. The number of unbranched alkanes of at least 4 members (excludes halogenated alkanes) is 48. The highest BCUT2D eigenvalue weighted by Crippen LogP contribution is 2.45. The molecular formula is C81H154O17P2. The average molecular weight is 1460 g/mol. The molecule has 2 unspecified atom stereocenters. The first-order chi connectivity index (χ1) is 48.5. The number of rotatable bonds is 79. The van der Waals surface area contributed by atoms with Crippen LogP contribution in [0.15, 0.2) is 24.3 Å². The Labute approximate surface area is 612 Å². The third-order valence-electron chi connectivity index (χ3n) is 18.4. The van der Waals surface area contributed by atoms with E-state index in [-0.39, 0.29) is 25.7 Å². The Bertz CT molecular complexity index is 2000. The summed E-state index contributed by atoms with van der Waals surface area (Å²) in [6, 6.07) is 0. The molecule has 0 aromatic heterocycles. The van der Waals surface area contributed by atoms with Crippen LogP contribution in [0.5, 0.6) is 0 Å². The molecule has 0 fully saturated rings. The summed E-state index contributed by atoms with van der Waals surface area (Å²) in [5, 5.41) is 10.6. The number of carbonyl (C=O) groups is 4. The summed E-state index contributed by atoms with van der Waals surface area (Å²) in [5.74, 6) is -1.39. The molecule has 5 atom stereocenters. The molecule has 0 radical (unpaired) electrons. The molecule has 0 amide bonds. The van der Waals surface area contributed by atoms with Gasteiger partial charge in [-0.3, -0.25) is 37.3 Å². The molecule has 3 N–H and O–H groups in total. The van der Waals surface area contributed by atoms with E-state index in [1.165, 1.54) is 212 Å². The number of aliphatic hydroxyl groups excluding tert-OH is 1. The van der Waals surface area contributed by atoms with Crippen LogP contribution < -0.4 is 0 Å². The van der Waals surface area contributed by atoms with Crippen LogP contribution in [-0.2, 0) is 65.4 Å². The van der Waals surface area contributed by atoms with Crippen molar-refractivity contribution in [2.75, 3.05) is 39.6 Å². The molecule has 0 spiro atoms. The number of phosphoric ester groups is 2. The van der Waals surface area contributed by atoms with Gasteiger partial charge in [0, 0.05) is 25.7 Å². The molecular weight excluding hydrogens is 1310 g/mol. The minimum absolute atomic E-state index is 0.102. The molecule has 0 aromatic rings. The van der Waals surface area contributed by atoms with Gasteiger partial charge < -0.3 is 33.8 Å². The van der Waals surface area contributed by atoms with E-state index < -0.39 is 97.5 Å². The number of esters is 4. The lowest BCUT2D eigenvalue weighted by molar-refractivity contribution is -0.161. The van der Waals surface area contributed by atoms with Gasteiger partial charge in [-0.1, -0.05) is 354 Å². The van der Waals surface area contributed by atoms with Crippen molar-refractivity contribution in [2.24, 2.45) is 5.92 Å². The van der Waals surface area contributed by atoms with Crippen molar-refractivity contribution in [1.29, 1.82) is 0 Å². The second-order valence-electron chi connectivity index (χ2n) is 29.0. The van der Waals surface area contributed by atoms with Crippen LogP contribution in [0, 0.1) is 5.92 Å². The Morgan fingerprint density at radius 2 is 0.540 bits per heavy atom. The summed E-state index contributed by atoms with van der Waals surface area (Å²) >= 11 is 0. The Balaban J connectivity index is 5.29. The van der Waals surface area contributed by atoms with Gasteiger partial charge in [-0.25, -0.2) is 9.13 Å². The zero-order valence-corrected chi connectivity index (χ0v) is 66.6. The molecule has 19 heteroatoms. The van der Waals surface area contributed by atoms with Gasteiger partial charge in [0.2, 0.25) is 0 Å². The number of hydrogen-bond acceptors (Lipinski definition) is 15. The SMILES string of the molecule is CCCCCC/C=C\C=C/CCCCCCCC(=O)OC[C@H](COP(=O)(O)OC[C@@H](O)COP(=O)(O)OC[C@@H](COC(=O)CCCCCCCCCCCC(C)C)OC(=O)CCCCCCCCCCCCCCCCC)OC(=O)CCCCCCCCCCCCCCCCCCCC. The predicted octanol–water partition coefficient (Wildman–Crippen LogP) is 24.0. The van der Waals surface area contributed by atoms with E-state index in [1.807, 2.05) is 0 Å². The van der Waals surface area contributed by atoms with Gasteiger partial charge in [0.25, 0.3) is 0 Å². The molecule has 17 nitrogen and oxygen atoms in total. The fourth-order valence-corrected chi connectivity index (χ4v) is 13.6. The fraction of sp³-hybridized carbons (Fsp3) is 0.901. The summed E-state index contributed by atoms with van der Waals surface area (Å²) in [6.07, 6.45) is 67.3. The van der Waals surface area contributed by atoms with Gasteiger partial charge in [-0.05, 0) is 57.3 Å². The van der Waals surface area contributed by atoms with E-state index in [0.717, 1.165) is 115 Å². The van der Waals surface area contributed by atoms with Crippen molar-refractivity contribution in [1.82, 2.24) is 0 Å². The van der Waals surface area contributed by atoms with Crippen LogP contribution in [-0.4, -0.2) is 96.7 Å². The molecule has 0 rings (SSSR count). The van der Waals surface area contributed by atoms with Crippen molar-refractivity contribution in [2.45, 2.75) is 425 Å². The number of aliphatic hydroxyl groups is 1. The van der Waals surface area contributed by atoms with Crippen molar-refractivity contribution in [3.05, 3.63) is 24.3 Å². The maximum absolute atomic E-state index is 13.1. The van der Waals surface area contributed by atoms with Crippen molar-refractivity contribution in [3.63, 3.8) is 0 Å². The van der Waals surface area contributed by atoms with Crippen LogP contribution in [0.3, 0.4) is 0 Å². The summed E-state index contributed by atoms with van der Waals surface area (Å²) in [5.41, 5.74) is 0.